The van der Waals surface area contributed by atoms with Crippen molar-refractivity contribution < 1.29 is 9.59 Å². The van der Waals surface area contributed by atoms with Crippen LogP contribution in [0.15, 0.2) is 48.5 Å². The minimum absolute atomic E-state index is 0.0587. The number of hydrogen-bond donors (Lipinski definition) is 0. The van der Waals surface area contributed by atoms with Crippen molar-refractivity contribution >= 4 is 22.9 Å². The van der Waals surface area contributed by atoms with E-state index in [0.29, 0.717) is 0 Å². The summed E-state index contributed by atoms with van der Waals surface area (Å²) in [5.74, 6) is 0.117. The Morgan fingerprint density at radius 3 is 1.54 bits per heavy atom. The lowest BCUT2D eigenvalue weighted by Gasteiger charge is -2.48. The Bertz CT molecular complexity index is 806. The van der Waals surface area contributed by atoms with Crippen LogP contribution < -0.4 is 9.80 Å². The maximum atomic E-state index is 13.1. The number of carbonyl (C=O) groups excluding carboxylic acids is 2. The van der Waals surface area contributed by atoms with E-state index in [-0.39, 0.29) is 11.6 Å². The largest absolute Gasteiger partial charge is 0.355 e. The van der Waals surface area contributed by atoms with Crippen molar-refractivity contribution in [3.63, 3.8) is 0 Å². The van der Waals surface area contributed by atoms with Crippen LogP contribution in [0.5, 0.6) is 0 Å². The van der Waals surface area contributed by atoms with Crippen LogP contribution >= 0.6 is 0 Å². The fourth-order valence-electron chi connectivity index (χ4n) is 4.76. The van der Waals surface area contributed by atoms with Crippen LogP contribution in [-0.2, 0) is 22.4 Å². The monoisotopic (exact) mass is 346 g/mol. The highest BCUT2D eigenvalue weighted by Crippen LogP contribution is 2.37. The van der Waals surface area contributed by atoms with Crippen LogP contribution in [0.3, 0.4) is 0 Å². The van der Waals surface area contributed by atoms with Crippen LogP contribution in [0.2, 0.25) is 0 Å². The number of Topliss-reactive ketones (excluding diaryl/α,β-unsaturated/α-hetero) is 2. The molecule has 3 aliphatic rings. The Balaban J connectivity index is 1.44. The second kappa shape index (κ2) is 5.97. The number of anilines is 2. The van der Waals surface area contributed by atoms with Gasteiger partial charge in [-0.3, -0.25) is 9.59 Å². The lowest BCUT2D eigenvalue weighted by atomic mass is 9.78. The Hall–Kier alpha value is -2.62. The van der Waals surface area contributed by atoms with Gasteiger partial charge < -0.3 is 9.80 Å². The van der Waals surface area contributed by atoms with Gasteiger partial charge in [-0.1, -0.05) is 36.4 Å². The van der Waals surface area contributed by atoms with E-state index < -0.39 is 12.1 Å². The smallest absolute Gasteiger partial charge is 0.192 e. The van der Waals surface area contributed by atoms with E-state index in [4.69, 9.17) is 0 Å². The van der Waals surface area contributed by atoms with E-state index in [1.165, 1.54) is 11.1 Å². The molecule has 0 saturated heterocycles. The van der Waals surface area contributed by atoms with E-state index in [1.54, 1.807) is 0 Å². The molecule has 26 heavy (non-hydrogen) atoms. The Morgan fingerprint density at radius 2 is 1.08 bits per heavy atom. The summed E-state index contributed by atoms with van der Waals surface area (Å²) < 4.78 is 0. The molecule has 4 heteroatoms. The van der Waals surface area contributed by atoms with Gasteiger partial charge in [0.1, 0.15) is 0 Å². The quantitative estimate of drug-likeness (QED) is 0.784. The fourth-order valence-corrected chi connectivity index (χ4v) is 4.76. The highest BCUT2D eigenvalue weighted by Gasteiger charge is 2.55. The number of benzene rings is 2. The summed E-state index contributed by atoms with van der Waals surface area (Å²) in [7, 11) is 0. The molecule has 132 valence electrons. The minimum Gasteiger partial charge on any atom is -0.355 e. The number of nitrogens with zero attached hydrogens (tertiary/aromatic N) is 2. The van der Waals surface area contributed by atoms with Crippen LogP contribution in [0.25, 0.3) is 0 Å². The number of rotatable bonds is 2. The molecule has 2 heterocycles. The predicted octanol–water partition coefficient (Wildman–Crippen LogP) is 2.78. The molecule has 0 spiro atoms. The molecule has 0 aromatic heterocycles. The first-order chi connectivity index (χ1) is 12.8. The van der Waals surface area contributed by atoms with Gasteiger partial charge in [-0.05, 0) is 48.9 Å². The van der Waals surface area contributed by atoms with Gasteiger partial charge in [-0.25, -0.2) is 0 Å². The molecular formula is C22H22N2O2. The molecule has 5 rings (SSSR count). The molecule has 0 N–H and O–H groups in total. The molecule has 0 unspecified atom stereocenters. The van der Waals surface area contributed by atoms with Crippen LogP contribution in [-0.4, -0.2) is 36.7 Å². The topological polar surface area (TPSA) is 40.6 Å². The zero-order valence-electron chi connectivity index (χ0n) is 14.7. The second-order valence-corrected chi connectivity index (χ2v) is 7.46. The summed E-state index contributed by atoms with van der Waals surface area (Å²) in [6.07, 6.45) is 4.02. The van der Waals surface area contributed by atoms with Crippen molar-refractivity contribution in [3.8, 4) is 0 Å². The van der Waals surface area contributed by atoms with Gasteiger partial charge in [0.25, 0.3) is 0 Å². The van der Waals surface area contributed by atoms with Crippen LogP contribution in [0.4, 0.5) is 11.4 Å². The van der Waals surface area contributed by atoms with Gasteiger partial charge in [0.15, 0.2) is 23.7 Å². The molecular weight excluding hydrogens is 324 g/mol. The summed E-state index contributed by atoms with van der Waals surface area (Å²) >= 11 is 0. The van der Waals surface area contributed by atoms with Crippen molar-refractivity contribution in [1.29, 1.82) is 0 Å². The van der Waals surface area contributed by atoms with E-state index in [0.717, 1.165) is 50.1 Å². The average molecular weight is 346 g/mol. The van der Waals surface area contributed by atoms with E-state index in [2.05, 4.69) is 12.1 Å². The highest BCUT2D eigenvalue weighted by atomic mass is 16.2. The normalized spacial score (nSPS) is 24.8. The lowest BCUT2D eigenvalue weighted by Crippen LogP contribution is -2.71. The van der Waals surface area contributed by atoms with Gasteiger partial charge in [0.2, 0.25) is 0 Å². The van der Waals surface area contributed by atoms with Crippen molar-refractivity contribution in [3.05, 3.63) is 59.7 Å². The zero-order valence-corrected chi connectivity index (χ0v) is 14.7. The SMILES string of the molecule is O=C1C(N2CCCc3ccccc32)C(=O)C1N1CCCc2ccccc21. The first-order valence-electron chi connectivity index (χ1n) is 9.52. The number of hydrogen-bond acceptors (Lipinski definition) is 4. The third-order valence-electron chi connectivity index (χ3n) is 5.99. The Labute approximate surface area is 153 Å². The molecule has 2 aromatic carbocycles. The summed E-state index contributed by atoms with van der Waals surface area (Å²) in [6.45, 7) is 1.56. The zero-order chi connectivity index (χ0) is 17.7. The third-order valence-corrected chi connectivity index (χ3v) is 5.99. The van der Waals surface area contributed by atoms with Gasteiger partial charge in [0.05, 0.1) is 0 Å². The Kier molecular flexibility index (Phi) is 3.59. The fraction of sp³-hybridized carbons (Fsp3) is 0.364. The van der Waals surface area contributed by atoms with Crippen LogP contribution in [0, 0.1) is 0 Å². The van der Waals surface area contributed by atoms with Gasteiger partial charge in [-0.2, -0.15) is 0 Å². The second-order valence-electron chi connectivity index (χ2n) is 7.46. The summed E-state index contributed by atoms with van der Waals surface area (Å²) in [5, 5.41) is 0. The maximum absolute atomic E-state index is 13.1. The average Bonchev–Trinajstić information content (AvgIpc) is 2.69. The molecule has 2 aliphatic heterocycles. The van der Waals surface area contributed by atoms with Crippen molar-refractivity contribution in [1.82, 2.24) is 0 Å². The van der Waals surface area contributed by atoms with Crippen molar-refractivity contribution in [2.75, 3.05) is 22.9 Å². The molecule has 2 aromatic rings. The van der Waals surface area contributed by atoms with E-state index in [1.807, 2.05) is 46.2 Å². The third kappa shape index (κ3) is 2.21. The summed E-state index contributed by atoms with van der Waals surface area (Å²) in [5.41, 5.74) is 4.60. The van der Waals surface area contributed by atoms with Gasteiger partial charge in [0, 0.05) is 24.5 Å². The van der Waals surface area contributed by atoms with Crippen molar-refractivity contribution in [2.45, 2.75) is 37.8 Å². The Morgan fingerprint density at radius 1 is 0.654 bits per heavy atom. The van der Waals surface area contributed by atoms with Crippen molar-refractivity contribution in [2.24, 2.45) is 0 Å². The molecule has 0 amide bonds. The number of fused-ring (bicyclic) bond motifs is 2. The number of ketones is 2. The minimum atomic E-state index is -0.601. The first kappa shape index (κ1) is 15.6. The lowest BCUT2D eigenvalue weighted by molar-refractivity contribution is -0.141. The molecule has 1 saturated carbocycles. The molecule has 0 radical (unpaired) electrons. The standard InChI is InChI=1S/C22H22N2O2/c25-21-19(23-13-5-9-15-7-1-3-11-17(15)23)22(26)20(21)24-14-6-10-16-8-2-4-12-18(16)24/h1-4,7-8,11-12,19-20H,5-6,9-10,13-14H2. The number of para-hydroxylation sites is 2. The molecule has 1 fully saturated rings. The van der Waals surface area contributed by atoms with E-state index in [9.17, 15) is 9.59 Å². The molecule has 1 aliphatic carbocycles. The summed E-state index contributed by atoms with van der Waals surface area (Å²) in [4.78, 5) is 30.2. The number of carbonyl (C=O) groups is 2. The van der Waals surface area contributed by atoms with Crippen LogP contribution in [0.1, 0.15) is 24.0 Å². The molecule has 0 bridgehead atoms. The maximum Gasteiger partial charge on any atom is 0.192 e. The van der Waals surface area contributed by atoms with Gasteiger partial charge >= 0.3 is 0 Å². The van der Waals surface area contributed by atoms with E-state index >= 15 is 0 Å². The number of aryl methyl sites for hydroxylation is 2. The summed E-state index contributed by atoms with van der Waals surface area (Å²) in [6, 6.07) is 15.1. The highest BCUT2D eigenvalue weighted by molar-refractivity contribution is 6.33. The van der Waals surface area contributed by atoms with Gasteiger partial charge in [-0.15, -0.1) is 0 Å². The predicted molar refractivity (Wildman–Crippen MR) is 102 cm³/mol. The molecule has 4 nitrogen and oxygen atoms in total. The molecule has 0 atom stereocenters. The first-order valence-corrected chi connectivity index (χ1v) is 9.52.